The molecule has 0 aromatic rings. The quantitative estimate of drug-likeness (QED) is 0.512. The Morgan fingerprint density at radius 3 is 2.34 bits per heavy atom. The van der Waals surface area contributed by atoms with Crippen molar-refractivity contribution in [3.05, 3.63) is 0 Å². The van der Waals surface area contributed by atoms with Crippen LogP contribution in [-0.4, -0.2) is 35.6 Å². The van der Waals surface area contributed by atoms with Crippen LogP contribution in [0.15, 0.2) is 0 Å². The Morgan fingerprint density at radius 1 is 1.00 bits per heavy atom. The zero-order chi connectivity index (χ0) is 22.9. The lowest BCUT2D eigenvalue weighted by Crippen LogP contribution is -2.57. The molecule has 1 aliphatic heterocycles. The highest BCUT2D eigenvalue weighted by Gasteiger charge is 2.77. The van der Waals surface area contributed by atoms with E-state index < -0.39 is 0 Å². The topological polar surface area (TPSA) is 42.0 Å². The van der Waals surface area contributed by atoms with Crippen molar-refractivity contribution >= 4 is 0 Å². The molecule has 1 spiro atoms. The van der Waals surface area contributed by atoms with Crippen molar-refractivity contribution in [3.63, 3.8) is 0 Å². The lowest BCUT2D eigenvalue weighted by atomic mass is 9.45. The van der Waals surface area contributed by atoms with Crippen LogP contribution >= 0.6 is 0 Å². The van der Waals surface area contributed by atoms with Crippen LogP contribution in [0.3, 0.4) is 0 Å². The van der Waals surface area contributed by atoms with Crippen molar-refractivity contribution in [1.82, 2.24) is 0 Å². The van der Waals surface area contributed by atoms with Crippen molar-refractivity contribution in [2.45, 2.75) is 123 Å². The number of aliphatic hydroxyl groups excluding tert-OH is 1. The summed E-state index contributed by atoms with van der Waals surface area (Å²) in [5, 5.41) is 11.3. The average molecular weight is 445 g/mol. The molecule has 12 atom stereocenters. The lowest BCUT2D eigenvalue weighted by Gasteiger charge is -2.61. The molecule has 1 N–H and O–H groups in total. The summed E-state index contributed by atoms with van der Waals surface area (Å²) in [5.41, 5.74) is 1.17. The maximum absolute atomic E-state index is 11.3. The van der Waals surface area contributed by atoms with E-state index in [-0.39, 0.29) is 17.3 Å². The van der Waals surface area contributed by atoms with E-state index in [1.165, 1.54) is 51.4 Å². The molecule has 32 heavy (non-hydrogen) atoms. The molecule has 3 heteroatoms. The fourth-order valence-corrected chi connectivity index (χ4v) is 11.2. The number of aliphatic hydroxyl groups is 1. The fraction of sp³-hybridized carbons (Fsp3) is 1.00. The Kier molecular flexibility index (Phi) is 4.57. The summed E-state index contributed by atoms with van der Waals surface area (Å²) < 4.78 is 12.3. The second-order valence-corrected chi connectivity index (χ2v) is 14.4. The first-order valence-electron chi connectivity index (χ1n) is 13.8. The largest absolute Gasteiger partial charge is 0.393 e. The van der Waals surface area contributed by atoms with Gasteiger partial charge in [0.25, 0.3) is 0 Å². The molecule has 0 amide bonds. The van der Waals surface area contributed by atoms with Gasteiger partial charge in [0.1, 0.15) is 0 Å². The summed E-state index contributed by atoms with van der Waals surface area (Å²) in [6.07, 6.45) is 12.1. The lowest BCUT2D eigenvalue weighted by molar-refractivity contribution is -0.162. The van der Waals surface area contributed by atoms with E-state index in [0.717, 1.165) is 30.1 Å². The minimum absolute atomic E-state index is 0.0848. The first kappa shape index (κ1) is 22.4. The van der Waals surface area contributed by atoms with Gasteiger partial charge >= 0.3 is 0 Å². The van der Waals surface area contributed by atoms with Gasteiger partial charge in [0, 0.05) is 18.9 Å². The number of rotatable bonds is 5. The van der Waals surface area contributed by atoms with Gasteiger partial charge < -0.3 is 14.6 Å². The smallest absolute Gasteiger partial charge is 0.0971 e. The van der Waals surface area contributed by atoms with Gasteiger partial charge in [-0.25, -0.2) is 0 Å². The van der Waals surface area contributed by atoms with Crippen LogP contribution < -0.4 is 0 Å². The monoisotopic (exact) mass is 444 g/mol. The molecule has 182 valence electrons. The molecule has 0 radical (unpaired) electrons. The number of hydrogen-bond acceptors (Lipinski definition) is 3. The molecule has 6 aliphatic rings. The minimum Gasteiger partial charge on any atom is -0.393 e. The normalized spacial score (nSPS) is 58.9. The molecule has 5 aliphatic carbocycles. The number of epoxide rings is 1. The molecule has 1 heterocycles. The van der Waals surface area contributed by atoms with E-state index in [0.29, 0.717) is 34.2 Å². The molecule has 6 rings (SSSR count). The minimum atomic E-state index is -0.263. The van der Waals surface area contributed by atoms with Gasteiger partial charge in [-0.15, -0.1) is 0 Å². The number of hydrogen-bond donors (Lipinski definition) is 1. The maximum Gasteiger partial charge on any atom is 0.0971 e. The van der Waals surface area contributed by atoms with Gasteiger partial charge in [-0.3, -0.25) is 0 Å². The maximum atomic E-state index is 11.3. The standard InChI is InChI=1S/C29H48O3/c1-17(23(30)16-28(6)25(2,3)32-28)20-8-9-21-19-14-24(31-7)29-15-18(29)10-13-27(29,5)22(19)11-12-26(20,21)4/h17-24,30H,8-16H2,1-7H3/t17-,18-,19-,20+,21-,22-,23+,24+,26+,27+,28+,29-/m0/s1. The van der Waals surface area contributed by atoms with Gasteiger partial charge in [-0.2, -0.15) is 0 Å². The second kappa shape index (κ2) is 6.55. The van der Waals surface area contributed by atoms with Crippen LogP contribution in [0.1, 0.15) is 99.3 Å². The number of methoxy groups -OCH3 is 1. The molecule has 5 saturated carbocycles. The zero-order valence-corrected chi connectivity index (χ0v) is 21.7. The van der Waals surface area contributed by atoms with E-state index in [2.05, 4.69) is 41.5 Å². The summed E-state index contributed by atoms with van der Waals surface area (Å²) in [6.45, 7) is 14.1. The molecule has 0 bridgehead atoms. The SMILES string of the molecule is CO[C@@H]1C[C@H]2[C@@H]3CC[C@H]([C@H](C)[C@H](O)C[C@@]4(C)OC4(C)C)[C@@]3(C)CC[C@@H]2[C@@]2(C)CC[C@H]3C[C@]312. The molecule has 1 saturated heterocycles. The van der Waals surface area contributed by atoms with Crippen LogP contribution in [0.2, 0.25) is 0 Å². The van der Waals surface area contributed by atoms with Crippen molar-refractivity contribution in [2.75, 3.05) is 7.11 Å². The first-order valence-corrected chi connectivity index (χ1v) is 13.8. The van der Waals surface area contributed by atoms with Gasteiger partial charge in [0.05, 0.1) is 23.4 Å². The first-order chi connectivity index (χ1) is 14.9. The van der Waals surface area contributed by atoms with Gasteiger partial charge in [-0.1, -0.05) is 20.8 Å². The predicted molar refractivity (Wildman–Crippen MR) is 127 cm³/mol. The molecule has 6 fully saturated rings. The van der Waals surface area contributed by atoms with Crippen molar-refractivity contribution < 1.29 is 14.6 Å². The Morgan fingerprint density at radius 2 is 1.72 bits per heavy atom. The fourth-order valence-electron chi connectivity index (χ4n) is 11.2. The summed E-state index contributed by atoms with van der Waals surface area (Å²) in [4.78, 5) is 0. The van der Waals surface area contributed by atoms with Crippen LogP contribution in [0.25, 0.3) is 0 Å². The summed E-state index contributed by atoms with van der Waals surface area (Å²) in [6, 6.07) is 0. The predicted octanol–water partition coefficient (Wildman–Crippen LogP) is 6.22. The van der Waals surface area contributed by atoms with Gasteiger partial charge in [-0.05, 0) is 118 Å². The molecular formula is C29H48O3. The molecule has 0 unspecified atom stereocenters. The Hall–Kier alpha value is -0.120. The van der Waals surface area contributed by atoms with Crippen LogP contribution in [-0.2, 0) is 9.47 Å². The molecule has 3 nitrogen and oxygen atoms in total. The zero-order valence-electron chi connectivity index (χ0n) is 21.7. The van der Waals surface area contributed by atoms with Crippen LogP contribution in [0.5, 0.6) is 0 Å². The van der Waals surface area contributed by atoms with E-state index in [9.17, 15) is 5.11 Å². The third-order valence-electron chi connectivity index (χ3n) is 13.5. The van der Waals surface area contributed by atoms with E-state index in [1.54, 1.807) is 0 Å². The highest BCUT2D eigenvalue weighted by atomic mass is 16.6. The highest BCUT2D eigenvalue weighted by Crippen LogP contribution is 2.82. The van der Waals surface area contributed by atoms with Gasteiger partial charge in [0.2, 0.25) is 0 Å². The van der Waals surface area contributed by atoms with Crippen molar-refractivity contribution in [3.8, 4) is 0 Å². The van der Waals surface area contributed by atoms with E-state index in [4.69, 9.17) is 9.47 Å². The summed E-state index contributed by atoms with van der Waals surface area (Å²) in [7, 11) is 1.99. The molecule has 0 aromatic heterocycles. The van der Waals surface area contributed by atoms with Crippen LogP contribution in [0, 0.1) is 51.8 Å². The molecule has 0 aromatic carbocycles. The van der Waals surface area contributed by atoms with Crippen molar-refractivity contribution in [2.24, 2.45) is 51.8 Å². The summed E-state index contributed by atoms with van der Waals surface area (Å²) >= 11 is 0. The number of fused-ring (bicyclic) bond motifs is 4. The third-order valence-corrected chi connectivity index (χ3v) is 13.5. The Bertz CT molecular complexity index is 793. The average Bonchev–Trinajstić information content (AvgIpc) is 3.45. The third kappa shape index (κ3) is 2.55. The van der Waals surface area contributed by atoms with E-state index in [1.807, 2.05) is 7.11 Å². The number of ether oxygens (including phenoxy) is 2. The Labute approximate surface area is 196 Å². The van der Waals surface area contributed by atoms with Crippen LogP contribution in [0.4, 0.5) is 0 Å². The highest BCUT2D eigenvalue weighted by molar-refractivity contribution is 5.26. The Balaban J connectivity index is 1.23. The van der Waals surface area contributed by atoms with Gasteiger partial charge in [0.15, 0.2) is 0 Å². The summed E-state index contributed by atoms with van der Waals surface area (Å²) in [5.74, 6) is 4.48. The van der Waals surface area contributed by atoms with Crippen molar-refractivity contribution in [1.29, 1.82) is 0 Å². The molecular weight excluding hydrogens is 396 g/mol. The second-order valence-electron chi connectivity index (χ2n) is 14.4. The van der Waals surface area contributed by atoms with E-state index >= 15 is 0 Å².